The van der Waals surface area contributed by atoms with Crippen LogP contribution in [0.5, 0.6) is 0 Å². The smallest absolute Gasteiger partial charge is 0.311 e. The van der Waals surface area contributed by atoms with Crippen LogP contribution in [-0.2, 0) is 42.9 Å². The van der Waals surface area contributed by atoms with Gasteiger partial charge in [-0.3, -0.25) is 19.2 Å². The Kier molecular flexibility index (Phi) is 10.4. The average molecular weight is 542 g/mol. The number of ether oxygens (including phenoxy) is 5. The number of hydrogen-bond donors (Lipinski definition) is 0. The van der Waals surface area contributed by atoms with Crippen molar-refractivity contribution in [2.24, 2.45) is 26.8 Å². The molecular formula is C26H43N3O9. The summed E-state index contributed by atoms with van der Waals surface area (Å²) in [5, 5.41) is 3.62. The van der Waals surface area contributed by atoms with E-state index in [9.17, 15) is 24.7 Å². The van der Waals surface area contributed by atoms with Crippen molar-refractivity contribution < 1.29 is 42.9 Å². The third kappa shape index (κ3) is 9.16. The molecule has 12 heteroatoms. The molecular weight excluding hydrogens is 498 g/mol. The lowest BCUT2D eigenvalue weighted by Crippen LogP contribution is -2.63. The van der Waals surface area contributed by atoms with Crippen LogP contribution in [0, 0.1) is 21.7 Å². The summed E-state index contributed by atoms with van der Waals surface area (Å²) in [4.78, 5) is 54.2. The molecule has 0 aromatic carbocycles. The van der Waals surface area contributed by atoms with Crippen LogP contribution in [0.2, 0.25) is 0 Å². The number of esters is 4. The maximum Gasteiger partial charge on any atom is 0.311 e. The van der Waals surface area contributed by atoms with Gasteiger partial charge in [-0.15, -0.1) is 0 Å². The minimum atomic E-state index is -1.48. The summed E-state index contributed by atoms with van der Waals surface area (Å²) in [6, 6.07) is 0. The first-order chi connectivity index (χ1) is 17.0. The van der Waals surface area contributed by atoms with Crippen LogP contribution in [0.1, 0.15) is 83.1 Å². The van der Waals surface area contributed by atoms with Crippen molar-refractivity contribution >= 4 is 23.9 Å². The topological polar surface area (TPSA) is 163 Å². The molecule has 1 aliphatic heterocycles. The molecule has 12 nitrogen and oxygen atoms in total. The van der Waals surface area contributed by atoms with Gasteiger partial charge in [0, 0.05) is 4.91 Å². The zero-order chi connectivity index (χ0) is 29.9. The van der Waals surface area contributed by atoms with Gasteiger partial charge in [0.15, 0.2) is 24.5 Å². The van der Waals surface area contributed by atoms with Crippen molar-refractivity contribution in [1.29, 1.82) is 0 Å². The molecule has 0 unspecified atom stereocenters. The molecule has 1 heterocycles. The third-order valence-electron chi connectivity index (χ3n) is 5.33. The number of carbonyl (C=O) groups excluding carboxylic acids is 4. The van der Waals surface area contributed by atoms with E-state index in [1.165, 1.54) is 0 Å². The molecule has 0 bridgehead atoms. The number of carbonyl (C=O) groups is 4. The zero-order valence-electron chi connectivity index (χ0n) is 24.6. The summed E-state index contributed by atoms with van der Waals surface area (Å²) in [5.74, 6) is -2.62. The van der Waals surface area contributed by atoms with Gasteiger partial charge in [-0.25, -0.2) is 0 Å². The van der Waals surface area contributed by atoms with E-state index >= 15 is 0 Å². The highest BCUT2D eigenvalue weighted by atomic mass is 16.7. The summed E-state index contributed by atoms with van der Waals surface area (Å²) in [7, 11) is 0. The monoisotopic (exact) mass is 541 g/mol. The molecule has 0 saturated carbocycles. The van der Waals surface area contributed by atoms with E-state index in [-0.39, 0.29) is 0 Å². The lowest BCUT2D eigenvalue weighted by molar-refractivity contribution is -0.259. The quantitative estimate of drug-likeness (QED) is 0.155. The third-order valence-corrected chi connectivity index (χ3v) is 5.33. The van der Waals surface area contributed by atoms with Gasteiger partial charge >= 0.3 is 23.9 Å². The van der Waals surface area contributed by atoms with Crippen molar-refractivity contribution in [1.82, 2.24) is 0 Å². The highest BCUT2D eigenvalue weighted by Crippen LogP contribution is 2.34. The van der Waals surface area contributed by atoms with Gasteiger partial charge in [-0.1, -0.05) is 5.11 Å². The fourth-order valence-corrected chi connectivity index (χ4v) is 2.85. The average Bonchev–Trinajstić information content (AvgIpc) is 2.73. The molecule has 5 atom stereocenters. The van der Waals surface area contributed by atoms with Gasteiger partial charge in [-0.05, 0) is 88.6 Å². The Morgan fingerprint density at radius 3 is 1.39 bits per heavy atom. The molecule has 1 aliphatic rings. The molecule has 0 N–H and O–H groups in total. The van der Waals surface area contributed by atoms with Crippen molar-refractivity contribution in [3.63, 3.8) is 0 Å². The van der Waals surface area contributed by atoms with Crippen LogP contribution < -0.4 is 0 Å². The van der Waals surface area contributed by atoms with E-state index < -0.39 is 82.8 Å². The van der Waals surface area contributed by atoms with E-state index in [4.69, 9.17) is 23.7 Å². The maximum atomic E-state index is 13.0. The van der Waals surface area contributed by atoms with E-state index in [0.29, 0.717) is 0 Å². The van der Waals surface area contributed by atoms with Crippen LogP contribution in [0.3, 0.4) is 0 Å². The normalized spacial score (nSPS) is 24.5. The van der Waals surface area contributed by atoms with Crippen molar-refractivity contribution in [2.45, 2.75) is 114 Å². The van der Waals surface area contributed by atoms with Crippen molar-refractivity contribution in [2.75, 3.05) is 6.61 Å². The van der Waals surface area contributed by atoms with Gasteiger partial charge < -0.3 is 23.7 Å². The second kappa shape index (κ2) is 11.9. The van der Waals surface area contributed by atoms with E-state index in [1.54, 1.807) is 83.1 Å². The lowest BCUT2D eigenvalue weighted by atomic mass is 9.92. The number of nitrogens with zero attached hydrogens (tertiary/aromatic N) is 3. The van der Waals surface area contributed by atoms with Crippen LogP contribution >= 0.6 is 0 Å². The molecule has 0 aliphatic carbocycles. The minimum absolute atomic E-state index is 0.418. The van der Waals surface area contributed by atoms with Crippen LogP contribution in [0.4, 0.5) is 0 Å². The molecule has 216 valence electrons. The molecule has 0 amide bonds. The van der Waals surface area contributed by atoms with Gasteiger partial charge in [-0.2, -0.15) is 0 Å². The number of hydrogen-bond acceptors (Lipinski definition) is 10. The molecule has 1 rings (SSSR count). The number of rotatable bonds is 6. The zero-order valence-corrected chi connectivity index (χ0v) is 24.6. The summed E-state index contributed by atoms with van der Waals surface area (Å²) < 4.78 is 28.6. The summed E-state index contributed by atoms with van der Waals surface area (Å²) >= 11 is 0. The van der Waals surface area contributed by atoms with E-state index in [2.05, 4.69) is 10.0 Å². The van der Waals surface area contributed by atoms with Crippen molar-refractivity contribution in [3.8, 4) is 0 Å². The Hall–Kier alpha value is -2.85. The van der Waals surface area contributed by atoms with E-state index in [0.717, 1.165) is 0 Å². The standard InChI is InChI=1S/C26H43N3O9/c1-23(2,3)19(30)34-13-14-15(36-20(31)24(4,5)6)16(37-21(32)25(7,8)9)17(18(35-14)28-29-27)38-22(33)26(10,11)12/h14-18H,13H2,1-12H3/t14-,15+,16+,17+,18-/m1/s1. The van der Waals surface area contributed by atoms with Crippen molar-refractivity contribution in [3.05, 3.63) is 10.4 Å². The number of azide groups is 1. The summed E-state index contributed by atoms with van der Waals surface area (Å²) in [6.07, 6.45) is -6.97. The Balaban J connectivity index is 3.67. The molecule has 0 spiro atoms. The van der Waals surface area contributed by atoms with Gasteiger partial charge in [0.2, 0.25) is 0 Å². The van der Waals surface area contributed by atoms with Crippen LogP contribution in [0.25, 0.3) is 10.4 Å². The Labute approximate surface area is 224 Å². The van der Waals surface area contributed by atoms with Gasteiger partial charge in [0.25, 0.3) is 0 Å². The second-order valence-electron chi connectivity index (χ2n) is 13.5. The van der Waals surface area contributed by atoms with E-state index in [1.807, 2.05) is 0 Å². The lowest BCUT2D eigenvalue weighted by Gasteiger charge is -2.45. The fraction of sp³-hybridized carbons (Fsp3) is 0.846. The summed E-state index contributed by atoms with van der Waals surface area (Å²) in [6.45, 7) is 19.2. The first-order valence-electron chi connectivity index (χ1n) is 12.5. The predicted molar refractivity (Wildman–Crippen MR) is 136 cm³/mol. The molecule has 1 fully saturated rings. The first-order valence-corrected chi connectivity index (χ1v) is 12.5. The Morgan fingerprint density at radius 1 is 0.658 bits per heavy atom. The molecule has 38 heavy (non-hydrogen) atoms. The molecule has 0 radical (unpaired) electrons. The second-order valence-corrected chi connectivity index (χ2v) is 13.5. The molecule has 0 aromatic heterocycles. The maximum absolute atomic E-state index is 13.0. The molecule has 0 aromatic rings. The summed E-state index contributed by atoms with van der Waals surface area (Å²) in [5.41, 5.74) is 5.44. The fourth-order valence-electron chi connectivity index (χ4n) is 2.85. The highest BCUT2D eigenvalue weighted by molar-refractivity contribution is 5.78. The first kappa shape index (κ1) is 33.2. The predicted octanol–water partition coefficient (Wildman–Crippen LogP) is 4.48. The van der Waals surface area contributed by atoms with Crippen LogP contribution in [-0.4, -0.2) is 61.1 Å². The SMILES string of the molecule is CC(C)(C)C(=O)OC[C@H]1O[C@@H](N=[N+]=[N-])[C@@H](OC(=O)C(C)(C)C)[C@@H](OC(=O)C(C)(C)C)[C@H]1OC(=O)C(C)(C)C. The minimum Gasteiger partial charge on any atom is -0.462 e. The highest BCUT2D eigenvalue weighted by Gasteiger charge is 2.54. The largest absolute Gasteiger partial charge is 0.462 e. The Bertz CT molecular complexity index is 945. The van der Waals surface area contributed by atoms with Gasteiger partial charge in [0.05, 0.1) is 21.7 Å². The Morgan fingerprint density at radius 2 is 1.03 bits per heavy atom. The van der Waals surface area contributed by atoms with Crippen LogP contribution in [0.15, 0.2) is 5.11 Å². The molecule has 1 saturated heterocycles. The van der Waals surface area contributed by atoms with Gasteiger partial charge in [0.1, 0.15) is 12.7 Å².